The molecule has 0 radical (unpaired) electrons. The van der Waals surface area contributed by atoms with Gasteiger partial charge >= 0.3 is 0 Å². The maximum absolute atomic E-state index is 12.6. The van der Waals surface area contributed by atoms with Crippen molar-refractivity contribution in [2.75, 3.05) is 13.2 Å². The highest BCUT2D eigenvalue weighted by Crippen LogP contribution is 2.39. The van der Waals surface area contributed by atoms with Crippen LogP contribution in [0, 0.1) is 0 Å². The molecule has 0 bridgehead atoms. The Morgan fingerprint density at radius 2 is 1.48 bits per heavy atom. The summed E-state index contributed by atoms with van der Waals surface area (Å²) in [6, 6.07) is 27.6. The van der Waals surface area contributed by atoms with E-state index in [1.165, 1.54) is 37.1 Å². The van der Waals surface area contributed by atoms with Crippen LogP contribution in [0.15, 0.2) is 106 Å². The van der Waals surface area contributed by atoms with E-state index in [1.807, 2.05) is 85.8 Å². The van der Waals surface area contributed by atoms with Crippen LogP contribution < -0.4 is 4.74 Å². The molecule has 4 rings (SSSR count). The minimum atomic E-state index is -4.54. The largest absolute Gasteiger partial charge is 0.494 e. The molecule has 0 aliphatic rings. The Labute approximate surface area is 278 Å². The van der Waals surface area contributed by atoms with Gasteiger partial charge in [0.1, 0.15) is 16.7 Å². The molecule has 46 heavy (non-hydrogen) atoms. The van der Waals surface area contributed by atoms with Crippen molar-refractivity contribution in [3.05, 3.63) is 108 Å². The summed E-state index contributed by atoms with van der Waals surface area (Å²) in [5.74, 6) is 0.753. The van der Waals surface area contributed by atoms with E-state index in [4.69, 9.17) is 9.47 Å². The third-order valence-electron chi connectivity index (χ3n) is 7.92. The molecule has 0 heterocycles. The lowest BCUT2D eigenvalue weighted by molar-refractivity contribution is 0.0626. The van der Waals surface area contributed by atoms with E-state index in [2.05, 4.69) is 13.8 Å². The first kappa shape index (κ1) is 35.7. The monoisotopic (exact) mass is 662 g/mol. The van der Waals surface area contributed by atoms with Gasteiger partial charge in [-0.2, -0.15) is 8.42 Å². The summed E-state index contributed by atoms with van der Waals surface area (Å²) < 4.78 is 47.2. The number of ether oxygens (including phenoxy) is 2. The first-order valence-corrected chi connectivity index (χ1v) is 18.5. The number of aliphatic hydroxyl groups excluding tert-OH is 1. The summed E-state index contributed by atoms with van der Waals surface area (Å²) in [6.07, 6.45) is 6.84. The van der Waals surface area contributed by atoms with Crippen molar-refractivity contribution in [3.8, 4) is 16.9 Å². The predicted octanol–water partition coefficient (Wildman–Crippen LogP) is 10.1. The van der Waals surface area contributed by atoms with Gasteiger partial charge in [-0.15, -0.1) is 0 Å². The van der Waals surface area contributed by atoms with E-state index >= 15 is 0 Å². The van der Waals surface area contributed by atoms with Gasteiger partial charge in [0.25, 0.3) is 10.1 Å². The molecule has 0 saturated carbocycles. The van der Waals surface area contributed by atoms with Crippen molar-refractivity contribution in [3.63, 3.8) is 0 Å². The molecule has 4 aromatic rings. The number of hydrogen-bond donors (Lipinski definition) is 2. The van der Waals surface area contributed by atoms with Crippen LogP contribution in [-0.4, -0.2) is 31.3 Å². The second kappa shape index (κ2) is 17.7. The van der Waals surface area contributed by atoms with Gasteiger partial charge in [0.15, 0.2) is 0 Å². The molecule has 2 atom stereocenters. The molecule has 0 spiro atoms. The third kappa shape index (κ3) is 10.2. The van der Waals surface area contributed by atoms with Crippen LogP contribution in [0.1, 0.15) is 94.6 Å². The Morgan fingerprint density at radius 3 is 2.22 bits per heavy atom. The summed E-state index contributed by atoms with van der Waals surface area (Å²) in [7, 11) is -4.54. The molecule has 0 saturated heterocycles. The zero-order valence-corrected chi connectivity index (χ0v) is 28.7. The minimum Gasteiger partial charge on any atom is -0.494 e. The molecular weight excluding hydrogens is 617 g/mol. The van der Waals surface area contributed by atoms with Gasteiger partial charge in [-0.05, 0) is 84.0 Å². The molecule has 4 aromatic carbocycles. The van der Waals surface area contributed by atoms with Crippen molar-refractivity contribution in [2.24, 2.45) is 0 Å². The fourth-order valence-electron chi connectivity index (χ4n) is 5.25. The Balaban J connectivity index is 1.55. The Morgan fingerprint density at radius 1 is 0.761 bits per heavy atom. The van der Waals surface area contributed by atoms with Crippen LogP contribution in [0.4, 0.5) is 0 Å². The molecule has 2 unspecified atom stereocenters. The molecule has 0 aliphatic heterocycles. The van der Waals surface area contributed by atoms with Crippen LogP contribution in [0.3, 0.4) is 0 Å². The highest BCUT2D eigenvalue weighted by atomic mass is 32.2. The summed E-state index contributed by atoms with van der Waals surface area (Å²) in [4.78, 5) is 1.02. The zero-order chi connectivity index (χ0) is 32.9. The molecule has 2 N–H and O–H groups in total. The van der Waals surface area contributed by atoms with E-state index in [0.29, 0.717) is 40.4 Å². The Kier molecular flexibility index (Phi) is 13.7. The molecule has 0 fully saturated rings. The SMILES string of the molecule is CCCCCCCOC(C)c1cccc(C(O)c2ccccc2-c2ccc(Sc3ccc(OCCCC)cc3)c(S(=O)(=O)O)c2)c1. The molecule has 0 aliphatic carbocycles. The second-order valence-electron chi connectivity index (χ2n) is 11.5. The molecule has 6 nitrogen and oxygen atoms in total. The number of hydrogen-bond acceptors (Lipinski definition) is 6. The molecule has 8 heteroatoms. The van der Waals surface area contributed by atoms with Gasteiger partial charge in [-0.1, -0.05) is 112 Å². The summed E-state index contributed by atoms with van der Waals surface area (Å²) >= 11 is 1.25. The standard InChI is InChI=1S/C38H46O6S2/c1-4-6-8-9-12-25-43-28(3)29-14-13-15-31(26-29)38(39)35-17-11-10-16-34(35)30-18-23-36(37(27-30)46(40,41)42)45-33-21-19-32(20-22-33)44-24-7-5-2/h10-11,13-23,26-28,38-39H,4-9,12,24-25H2,1-3H3,(H,40,41,42). The lowest BCUT2D eigenvalue weighted by atomic mass is 9.92. The summed E-state index contributed by atoms with van der Waals surface area (Å²) in [5.41, 5.74) is 3.57. The normalized spacial score (nSPS) is 13.0. The topological polar surface area (TPSA) is 93.1 Å². The number of rotatable bonds is 18. The fraction of sp³-hybridized carbons (Fsp3) is 0.368. The van der Waals surface area contributed by atoms with Crippen molar-refractivity contribution in [2.45, 2.75) is 92.6 Å². The molecular formula is C38H46O6S2. The number of unbranched alkanes of at least 4 members (excludes halogenated alkanes) is 5. The third-order valence-corrected chi connectivity index (χ3v) is 10.0. The first-order chi connectivity index (χ1) is 22.2. The van der Waals surface area contributed by atoms with E-state index in [0.717, 1.165) is 41.9 Å². The van der Waals surface area contributed by atoms with E-state index in [1.54, 1.807) is 6.07 Å². The maximum atomic E-state index is 12.6. The number of benzene rings is 4. The highest BCUT2D eigenvalue weighted by Gasteiger charge is 2.21. The van der Waals surface area contributed by atoms with Crippen molar-refractivity contribution < 1.29 is 27.6 Å². The van der Waals surface area contributed by atoms with Gasteiger partial charge < -0.3 is 14.6 Å². The fourth-order valence-corrected chi connectivity index (χ4v) is 7.11. The Bertz CT molecular complexity index is 1640. The van der Waals surface area contributed by atoms with Gasteiger partial charge in [-0.25, -0.2) is 0 Å². The second-order valence-corrected chi connectivity index (χ2v) is 14.0. The summed E-state index contributed by atoms with van der Waals surface area (Å²) in [6.45, 7) is 7.68. The van der Waals surface area contributed by atoms with Crippen molar-refractivity contribution in [1.82, 2.24) is 0 Å². The lowest BCUT2D eigenvalue weighted by Gasteiger charge is -2.19. The molecule has 246 valence electrons. The van der Waals surface area contributed by atoms with Gasteiger partial charge in [0.2, 0.25) is 0 Å². The molecule has 0 amide bonds. The summed E-state index contributed by atoms with van der Waals surface area (Å²) in [5, 5.41) is 11.6. The quantitative estimate of drug-likeness (QED) is 0.0809. The van der Waals surface area contributed by atoms with Crippen molar-refractivity contribution in [1.29, 1.82) is 0 Å². The van der Waals surface area contributed by atoms with E-state index in [9.17, 15) is 18.1 Å². The van der Waals surface area contributed by atoms with Gasteiger partial charge in [0.05, 0.1) is 12.7 Å². The van der Waals surface area contributed by atoms with Crippen LogP contribution in [-0.2, 0) is 14.9 Å². The van der Waals surface area contributed by atoms with E-state index < -0.39 is 16.2 Å². The van der Waals surface area contributed by atoms with Crippen LogP contribution in [0.5, 0.6) is 5.75 Å². The minimum absolute atomic E-state index is 0.110. The maximum Gasteiger partial charge on any atom is 0.295 e. The van der Waals surface area contributed by atoms with Crippen LogP contribution in [0.25, 0.3) is 11.1 Å². The smallest absolute Gasteiger partial charge is 0.295 e. The van der Waals surface area contributed by atoms with Crippen molar-refractivity contribution >= 4 is 21.9 Å². The highest BCUT2D eigenvalue weighted by molar-refractivity contribution is 8.00. The zero-order valence-electron chi connectivity index (χ0n) is 27.0. The number of aliphatic hydroxyl groups is 1. The van der Waals surface area contributed by atoms with E-state index in [-0.39, 0.29) is 11.0 Å². The average molecular weight is 663 g/mol. The Hall–Kier alpha value is -3.14. The van der Waals surface area contributed by atoms with Gasteiger partial charge in [-0.3, -0.25) is 4.55 Å². The average Bonchev–Trinajstić information content (AvgIpc) is 3.06. The lowest BCUT2D eigenvalue weighted by Crippen LogP contribution is -2.06. The van der Waals surface area contributed by atoms with Crippen LogP contribution >= 0.6 is 11.8 Å². The first-order valence-electron chi connectivity index (χ1n) is 16.2. The van der Waals surface area contributed by atoms with Gasteiger partial charge in [0, 0.05) is 16.4 Å². The predicted molar refractivity (Wildman–Crippen MR) is 186 cm³/mol. The molecule has 0 aromatic heterocycles. The van der Waals surface area contributed by atoms with Crippen LogP contribution in [0.2, 0.25) is 0 Å².